The van der Waals surface area contributed by atoms with Gasteiger partial charge in [-0.2, -0.15) is 11.8 Å². The van der Waals surface area contributed by atoms with Crippen molar-refractivity contribution in [2.24, 2.45) is 0 Å². The minimum Gasteiger partial charge on any atom is -0.478 e. The Hall–Kier alpha value is -1.29. The molecule has 0 aliphatic rings. The van der Waals surface area contributed by atoms with Crippen molar-refractivity contribution in [1.82, 2.24) is 0 Å². The van der Waals surface area contributed by atoms with E-state index in [2.05, 4.69) is 6.92 Å². The number of benzene rings is 1. The second-order valence-corrected chi connectivity index (χ2v) is 5.03. The third-order valence-corrected chi connectivity index (χ3v) is 3.51. The summed E-state index contributed by atoms with van der Waals surface area (Å²) in [5.41, 5.74) is 1.61. The molecule has 0 amide bonds. The lowest BCUT2D eigenvalue weighted by Gasteiger charge is -2.06. The van der Waals surface area contributed by atoms with Gasteiger partial charge in [0.2, 0.25) is 0 Å². The molecule has 0 aliphatic heterocycles. The largest absolute Gasteiger partial charge is 0.478 e. The molecule has 0 radical (unpaired) electrons. The molecule has 18 heavy (non-hydrogen) atoms. The van der Waals surface area contributed by atoms with Gasteiger partial charge in [0.05, 0.1) is 0 Å². The van der Waals surface area contributed by atoms with E-state index in [4.69, 9.17) is 5.11 Å². The van der Waals surface area contributed by atoms with Crippen LogP contribution in [0.15, 0.2) is 24.3 Å². The second-order valence-electron chi connectivity index (χ2n) is 3.92. The van der Waals surface area contributed by atoms with Crippen LogP contribution in [0, 0.1) is 5.82 Å². The summed E-state index contributed by atoms with van der Waals surface area (Å²) in [5.74, 6) is 0.474. The molecular formula is C14H17FO2S. The molecule has 0 saturated carbocycles. The zero-order chi connectivity index (χ0) is 13.4. The van der Waals surface area contributed by atoms with E-state index in [0.29, 0.717) is 5.56 Å². The highest BCUT2D eigenvalue weighted by Crippen LogP contribution is 2.20. The first-order valence-corrected chi connectivity index (χ1v) is 7.06. The summed E-state index contributed by atoms with van der Waals surface area (Å²) in [6.45, 7) is 2.14. The number of hydrogen-bond donors (Lipinski definition) is 1. The van der Waals surface area contributed by atoms with Gasteiger partial charge in [-0.05, 0) is 41.5 Å². The number of aliphatic carboxylic acids is 1. The van der Waals surface area contributed by atoms with E-state index in [-0.39, 0.29) is 5.82 Å². The average molecular weight is 268 g/mol. The van der Waals surface area contributed by atoms with Crippen molar-refractivity contribution in [1.29, 1.82) is 0 Å². The molecule has 2 nitrogen and oxygen atoms in total. The first-order chi connectivity index (χ1) is 8.63. The van der Waals surface area contributed by atoms with Crippen molar-refractivity contribution in [3.63, 3.8) is 0 Å². The third-order valence-electron chi connectivity index (χ3n) is 2.41. The van der Waals surface area contributed by atoms with Crippen LogP contribution in [0.25, 0.3) is 6.08 Å². The maximum absolute atomic E-state index is 13.1. The van der Waals surface area contributed by atoms with Crippen molar-refractivity contribution in [3.05, 3.63) is 41.2 Å². The maximum atomic E-state index is 13.1. The third kappa shape index (κ3) is 5.36. The molecule has 0 fully saturated rings. The number of rotatable bonds is 7. The van der Waals surface area contributed by atoms with Crippen molar-refractivity contribution in [3.8, 4) is 0 Å². The van der Waals surface area contributed by atoms with Crippen molar-refractivity contribution in [2.45, 2.75) is 25.5 Å². The molecule has 0 aromatic heterocycles. The standard InChI is InChI=1S/C14H17FO2S/c1-2-3-8-18-10-12-4-6-13(15)9-11(12)5-7-14(16)17/h4-7,9H,2-3,8,10H2,1H3,(H,16,17). The molecule has 4 heteroatoms. The van der Waals surface area contributed by atoms with Crippen LogP contribution in [0.2, 0.25) is 0 Å². The van der Waals surface area contributed by atoms with Gasteiger partial charge in [-0.1, -0.05) is 19.4 Å². The van der Waals surface area contributed by atoms with Gasteiger partial charge < -0.3 is 5.11 Å². The van der Waals surface area contributed by atoms with Crippen LogP contribution < -0.4 is 0 Å². The molecule has 1 aromatic rings. The summed E-state index contributed by atoms with van der Waals surface area (Å²) in [7, 11) is 0. The molecule has 1 aromatic carbocycles. The molecular weight excluding hydrogens is 251 g/mol. The summed E-state index contributed by atoms with van der Waals surface area (Å²) >= 11 is 1.78. The molecule has 0 aliphatic carbocycles. The Balaban J connectivity index is 2.73. The minimum absolute atomic E-state index is 0.345. The lowest BCUT2D eigenvalue weighted by molar-refractivity contribution is -0.131. The number of carbonyl (C=O) groups is 1. The number of carboxylic acids is 1. The predicted octanol–water partition coefficient (Wildman–Crippen LogP) is 3.96. The minimum atomic E-state index is -1.02. The zero-order valence-electron chi connectivity index (χ0n) is 10.4. The molecule has 0 heterocycles. The molecule has 1 rings (SSSR count). The van der Waals surface area contributed by atoms with E-state index in [1.54, 1.807) is 17.8 Å². The quantitative estimate of drug-likeness (QED) is 0.601. The summed E-state index contributed by atoms with van der Waals surface area (Å²) in [4.78, 5) is 10.5. The van der Waals surface area contributed by atoms with Crippen LogP contribution in [0.5, 0.6) is 0 Å². The molecule has 0 atom stereocenters. The van der Waals surface area contributed by atoms with Crippen LogP contribution in [-0.2, 0) is 10.5 Å². The molecule has 1 N–H and O–H groups in total. The maximum Gasteiger partial charge on any atom is 0.328 e. The van der Waals surface area contributed by atoms with E-state index in [1.807, 2.05) is 0 Å². The highest BCUT2D eigenvalue weighted by atomic mass is 32.2. The number of thioether (sulfide) groups is 1. The van der Waals surface area contributed by atoms with Gasteiger partial charge in [0.1, 0.15) is 5.82 Å². The molecule has 98 valence electrons. The summed E-state index contributed by atoms with van der Waals surface area (Å²) in [6, 6.07) is 4.50. The average Bonchev–Trinajstić information content (AvgIpc) is 2.34. The molecule has 0 bridgehead atoms. The molecule has 0 spiro atoms. The van der Waals surface area contributed by atoms with Gasteiger partial charge in [-0.3, -0.25) is 0 Å². The van der Waals surface area contributed by atoms with E-state index in [0.717, 1.165) is 36.0 Å². The number of carboxylic acid groups (broad SMARTS) is 1. The smallest absolute Gasteiger partial charge is 0.328 e. The number of hydrogen-bond acceptors (Lipinski definition) is 2. The van der Waals surface area contributed by atoms with Crippen LogP contribution >= 0.6 is 11.8 Å². The lowest BCUT2D eigenvalue weighted by Crippen LogP contribution is -1.92. The number of unbranched alkanes of at least 4 members (excludes halogenated alkanes) is 1. The van der Waals surface area contributed by atoms with Gasteiger partial charge in [0.15, 0.2) is 0 Å². The Morgan fingerprint density at radius 2 is 2.28 bits per heavy atom. The van der Waals surface area contributed by atoms with Crippen LogP contribution in [0.1, 0.15) is 30.9 Å². The molecule has 0 saturated heterocycles. The Morgan fingerprint density at radius 3 is 2.94 bits per heavy atom. The fraction of sp³-hybridized carbons (Fsp3) is 0.357. The van der Waals surface area contributed by atoms with Gasteiger partial charge in [0.25, 0.3) is 0 Å². The Labute approximate surface area is 111 Å². The topological polar surface area (TPSA) is 37.3 Å². The van der Waals surface area contributed by atoms with Gasteiger partial charge in [-0.25, -0.2) is 9.18 Å². The Bertz CT molecular complexity index is 430. The van der Waals surface area contributed by atoms with Crippen LogP contribution in [-0.4, -0.2) is 16.8 Å². The normalized spacial score (nSPS) is 11.0. The predicted molar refractivity (Wildman–Crippen MR) is 74.1 cm³/mol. The first kappa shape index (κ1) is 14.8. The molecule has 0 unspecified atom stereocenters. The van der Waals surface area contributed by atoms with Crippen molar-refractivity contribution in [2.75, 3.05) is 5.75 Å². The lowest BCUT2D eigenvalue weighted by atomic mass is 10.1. The van der Waals surface area contributed by atoms with Crippen LogP contribution in [0.3, 0.4) is 0 Å². The Morgan fingerprint density at radius 1 is 1.50 bits per heavy atom. The van der Waals surface area contributed by atoms with Gasteiger partial charge >= 0.3 is 5.97 Å². The fourth-order valence-electron chi connectivity index (χ4n) is 1.44. The zero-order valence-corrected chi connectivity index (χ0v) is 11.2. The van der Waals surface area contributed by atoms with Crippen molar-refractivity contribution < 1.29 is 14.3 Å². The van der Waals surface area contributed by atoms with Gasteiger partial charge in [-0.15, -0.1) is 0 Å². The first-order valence-electron chi connectivity index (χ1n) is 5.90. The van der Waals surface area contributed by atoms with Crippen molar-refractivity contribution >= 4 is 23.8 Å². The second kappa shape index (κ2) is 7.93. The SMILES string of the molecule is CCCCSCc1ccc(F)cc1C=CC(=O)O. The highest BCUT2D eigenvalue weighted by molar-refractivity contribution is 7.98. The van der Waals surface area contributed by atoms with E-state index in [9.17, 15) is 9.18 Å². The van der Waals surface area contributed by atoms with E-state index in [1.165, 1.54) is 18.2 Å². The van der Waals surface area contributed by atoms with Crippen LogP contribution in [0.4, 0.5) is 4.39 Å². The van der Waals surface area contributed by atoms with E-state index >= 15 is 0 Å². The fourth-order valence-corrected chi connectivity index (χ4v) is 2.56. The van der Waals surface area contributed by atoms with E-state index < -0.39 is 5.97 Å². The number of halogens is 1. The summed E-state index contributed by atoms with van der Waals surface area (Å²) in [6.07, 6.45) is 4.80. The highest BCUT2D eigenvalue weighted by Gasteiger charge is 2.02. The summed E-state index contributed by atoms with van der Waals surface area (Å²) in [5, 5.41) is 8.60. The van der Waals surface area contributed by atoms with Gasteiger partial charge in [0, 0.05) is 11.8 Å². The Kier molecular flexibility index (Phi) is 6.50. The summed E-state index contributed by atoms with van der Waals surface area (Å²) < 4.78 is 13.1. The monoisotopic (exact) mass is 268 g/mol.